The van der Waals surface area contributed by atoms with Gasteiger partial charge in [0, 0.05) is 19.2 Å². The Morgan fingerprint density at radius 1 is 1.18 bits per heavy atom. The monoisotopic (exact) mass is 381 g/mol. The Balaban J connectivity index is 1.29. The van der Waals surface area contributed by atoms with Gasteiger partial charge in [0.05, 0.1) is 18.8 Å². The number of hydrogen-bond donors (Lipinski definition) is 1. The lowest BCUT2D eigenvalue weighted by Gasteiger charge is -2.23. The van der Waals surface area contributed by atoms with Crippen LogP contribution in [0.1, 0.15) is 67.9 Å². The van der Waals surface area contributed by atoms with Crippen LogP contribution in [-0.2, 0) is 22.5 Å². The molecule has 2 aromatic rings. The second-order valence-electron chi connectivity index (χ2n) is 8.18. The van der Waals surface area contributed by atoms with E-state index in [2.05, 4.69) is 23.6 Å². The van der Waals surface area contributed by atoms with Crippen LogP contribution in [0.5, 0.6) is 0 Å². The first kappa shape index (κ1) is 19.2. The fraction of sp³-hybridized carbons (Fsp3) is 0.565. The first-order chi connectivity index (χ1) is 13.8. The molecule has 1 fully saturated rings. The Bertz CT molecular complexity index is 765. The summed E-state index contributed by atoms with van der Waals surface area (Å²) in [5, 5.41) is 7.84. The molecule has 4 rings (SSSR count). The number of rotatable bonds is 7. The van der Waals surface area contributed by atoms with E-state index >= 15 is 0 Å². The lowest BCUT2D eigenvalue weighted by atomic mass is 9.86. The minimum atomic E-state index is -0.139. The van der Waals surface area contributed by atoms with E-state index in [0.717, 1.165) is 31.0 Å². The Labute approximate surface area is 167 Å². The van der Waals surface area contributed by atoms with Gasteiger partial charge < -0.3 is 10.1 Å². The van der Waals surface area contributed by atoms with E-state index in [1.165, 1.54) is 43.2 Å². The summed E-state index contributed by atoms with van der Waals surface area (Å²) in [6.45, 7) is 1.96. The van der Waals surface area contributed by atoms with Gasteiger partial charge in [0.1, 0.15) is 6.10 Å². The molecule has 5 heteroatoms. The number of amides is 1. The van der Waals surface area contributed by atoms with Crippen molar-refractivity contribution in [2.24, 2.45) is 5.92 Å². The SMILES string of the molecule is O=C(CCC1CCCCC1)NC[C@@H]1OCCc2cn(Cc3ccccc3)nc21. The minimum absolute atomic E-state index is 0.139. The van der Waals surface area contributed by atoms with Crippen LogP contribution in [0.15, 0.2) is 36.5 Å². The number of fused-ring (bicyclic) bond motifs is 1. The summed E-state index contributed by atoms with van der Waals surface area (Å²) in [5.74, 6) is 0.885. The van der Waals surface area contributed by atoms with Crippen molar-refractivity contribution >= 4 is 5.91 Å². The Hall–Kier alpha value is -2.14. The molecule has 0 radical (unpaired) electrons. The van der Waals surface area contributed by atoms with Crippen molar-refractivity contribution in [2.75, 3.05) is 13.2 Å². The largest absolute Gasteiger partial charge is 0.370 e. The Morgan fingerprint density at radius 3 is 2.82 bits per heavy atom. The van der Waals surface area contributed by atoms with Crippen LogP contribution in [0.2, 0.25) is 0 Å². The molecule has 1 atom stereocenters. The van der Waals surface area contributed by atoms with Gasteiger partial charge in [-0.3, -0.25) is 9.48 Å². The average molecular weight is 382 g/mol. The van der Waals surface area contributed by atoms with E-state index in [1.807, 2.05) is 22.9 Å². The van der Waals surface area contributed by atoms with E-state index in [4.69, 9.17) is 9.84 Å². The summed E-state index contributed by atoms with van der Waals surface area (Å²) in [6, 6.07) is 10.3. The minimum Gasteiger partial charge on any atom is -0.370 e. The maximum Gasteiger partial charge on any atom is 0.220 e. The third-order valence-corrected chi connectivity index (χ3v) is 6.04. The lowest BCUT2D eigenvalue weighted by molar-refractivity contribution is -0.122. The van der Waals surface area contributed by atoms with Gasteiger partial charge >= 0.3 is 0 Å². The molecule has 1 saturated carbocycles. The molecule has 0 unspecified atom stereocenters. The molecule has 2 heterocycles. The van der Waals surface area contributed by atoms with Crippen molar-refractivity contribution in [3.05, 3.63) is 53.3 Å². The predicted octanol–water partition coefficient (Wildman–Crippen LogP) is 4.02. The first-order valence-electron chi connectivity index (χ1n) is 10.8. The number of nitrogens with zero attached hydrogens (tertiary/aromatic N) is 2. The molecule has 0 spiro atoms. The molecule has 150 valence electrons. The third-order valence-electron chi connectivity index (χ3n) is 6.04. The van der Waals surface area contributed by atoms with Gasteiger partial charge in [-0.1, -0.05) is 62.4 Å². The highest BCUT2D eigenvalue weighted by Gasteiger charge is 2.25. The maximum atomic E-state index is 12.3. The number of carbonyl (C=O) groups is 1. The van der Waals surface area contributed by atoms with E-state index in [9.17, 15) is 4.79 Å². The van der Waals surface area contributed by atoms with Crippen molar-refractivity contribution in [3.63, 3.8) is 0 Å². The molecule has 1 aromatic carbocycles. The highest BCUT2D eigenvalue weighted by Crippen LogP contribution is 2.28. The zero-order valence-electron chi connectivity index (χ0n) is 16.6. The molecule has 0 saturated heterocycles. The molecule has 1 N–H and O–H groups in total. The Kier molecular flexibility index (Phi) is 6.42. The van der Waals surface area contributed by atoms with Crippen molar-refractivity contribution in [1.29, 1.82) is 0 Å². The number of aromatic nitrogens is 2. The summed E-state index contributed by atoms with van der Waals surface area (Å²) in [6.07, 6.45) is 11.1. The van der Waals surface area contributed by atoms with Crippen LogP contribution in [0, 0.1) is 5.92 Å². The van der Waals surface area contributed by atoms with E-state index < -0.39 is 0 Å². The third kappa shape index (κ3) is 5.02. The molecule has 0 bridgehead atoms. The second-order valence-corrected chi connectivity index (χ2v) is 8.18. The summed E-state index contributed by atoms with van der Waals surface area (Å²) < 4.78 is 7.91. The number of nitrogens with one attached hydrogen (secondary N) is 1. The van der Waals surface area contributed by atoms with Crippen molar-refractivity contribution in [1.82, 2.24) is 15.1 Å². The van der Waals surface area contributed by atoms with Crippen LogP contribution in [0.25, 0.3) is 0 Å². The number of ether oxygens (including phenoxy) is 1. The van der Waals surface area contributed by atoms with E-state index in [0.29, 0.717) is 19.6 Å². The second kappa shape index (κ2) is 9.37. The van der Waals surface area contributed by atoms with Crippen LogP contribution in [0.4, 0.5) is 0 Å². The smallest absolute Gasteiger partial charge is 0.220 e. The van der Waals surface area contributed by atoms with Crippen molar-refractivity contribution in [3.8, 4) is 0 Å². The molecule has 1 amide bonds. The predicted molar refractivity (Wildman–Crippen MR) is 109 cm³/mol. The van der Waals surface area contributed by atoms with Gasteiger partial charge in [0.15, 0.2) is 0 Å². The molecule has 28 heavy (non-hydrogen) atoms. The summed E-state index contributed by atoms with van der Waals surface area (Å²) in [4.78, 5) is 12.3. The van der Waals surface area contributed by atoms with Crippen LogP contribution >= 0.6 is 0 Å². The van der Waals surface area contributed by atoms with Gasteiger partial charge in [-0.2, -0.15) is 5.10 Å². The van der Waals surface area contributed by atoms with E-state index in [-0.39, 0.29) is 12.0 Å². The quantitative estimate of drug-likeness (QED) is 0.788. The standard InChI is InChI=1S/C23H31N3O2/c27-22(12-11-18-7-3-1-4-8-18)24-15-21-23-20(13-14-28-21)17-26(25-23)16-19-9-5-2-6-10-19/h2,5-6,9-10,17-18,21H,1,3-4,7-8,11-16H2,(H,24,27)/t21-/m0/s1. The number of benzene rings is 1. The lowest BCUT2D eigenvalue weighted by Crippen LogP contribution is -2.32. The first-order valence-corrected chi connectivity index (χ1v) is 10.8. The number of carbonyl (C=O) groups excluding carboxylic acids is 1. The summed E-state index contributed by atoms with van der Waals surface area (Å²) in [7, 11) is 0. The van der Waals surface area contributed by atoms with Gasteiger partial charge in [-0.15, -0.1) is 0 Å². The van der Waals surface area contributed by atoms with Gasteiger partial charge in [-0.25, -0.2) is 0 Å². The van der Waals surface area contributed by atoms with Crippen LogP contribution in [-0.4, -0.2) is 28.8 Å². The molecular formula is C23H31N3O2. The molecule has 2 aliphatic rings. The fourth-order valence-corrected chi connectivity index (χ4v) is 4.44. The van der Waals surface area contributed by atoms with Gasteiger partial charge in [0.25, 0.3) is 0 Å². The van der Waals surface area contributed by atoms with Gasteiger partial charge in [0.2, 0.25) is 5.91 Å². The highest BCUT2D eigenvalue weighted by molar-refractivity contribution is 5.75. The number of hydrogen-bond acceptors (Lipinski definition) is 3. The Morgan fingerprint density at radius 2 is 2.00 bits per heavy atom. The summed E-state index contributed by atoms with van der Waals surface area (Å²) >= 11 is 0. The van der Waals surface area contributed by atoms with E-state index in [1.54, 1.807) is 0 Å². The molecular weight excluding hydrogens is 350 g/mol. The van der Waals surface area contributed by atoms with Crippen LogP contribution in [0.3, 0.4) is 0 Å². The molecule has 5 nitrogen and oxygen atoms in total. The zero-order valence-corrected chi connectivity index (χ0v) is 16.6. The normalized spacial score (nSPS) is 19.9. The molecule has 1 aliphatic carbocycles. The van der Waals surface area contributed by atoms with Crippen molar-refractivity contribution < 1.29 is 9.53 Å². The average Bonchev–Trinajstić information content (AvgIpc) is 3.15. The molecule has 1 aromatic heterocycles. The van der Waals surface area contributed by atoms with Gasteiger partial charge in [-0.05, 0) is 29.9 Å². The fourth-order valence-electron chi connectivity index (χ4n) is 4.44. The van der Waals surface area contributed by atoms with Crippen molar-refractivity contribution in [2.45, 2.75) is 64.0 Å². The zero-order chi connectivity index (χ0) is 19.2. The summed E-state index contributed by atoms with van der Waals surface area (Å²) in [5.41, 5.74) is 3.45. The molecule has 1 aliphatic heterocycles. The van der Waals surface area contributed by atoms with Crippen LogP contribution < -0.4 is 5.32 Å². The maximum absolute atomic E-state index is 12.3. The topological polar surface area (TPSA) is 56.1 Å². The highest BCUT2D eigenvalue weighted by atomic mass is 16.5.